The van der Waals surface area contributed by atoms with E-state index in [-0.39, 0.29) is 5.56 Å². The first-order valence-corrected chi connectivity index (χ1v) is 5.31. The lowest BCUT2D eigenvalue weighted by Crippen LogP contribution is -1.97. The molecule has 0 amide bonds. The summed E-state index contributed by atoms with van der Waals surface area (Å²) in [5.74, 6) is -1.43. The molecule has 0 spiro atoms. The number of non-ortho nitro benzene ring substituents is 1. The van der Waals surface area contributed by atoms with Gasteiger partial charge in [-0.3, -0.25) is 20.2 Å². The molecule has 0 saturated heterocycles. The molecule has 9 nitrogen and oxygen atoms in total. The van der Waals surface area contributed by atoms with E-state index in [1.165, 1.54) is 12.1 Å². The Morgan fingerprint density at radius 2 is 1.95 bits per heavy atom. The van der Waals surface area contributed by atoms with Crippen LogP contribution in [0.1, 0.15) is 5.56 Å². The van der Waals surface area contributed by atoms with E-state index in [4.69, 9.17) is 10.4 Å². The summed E-state index contributed by atoms with van der Waals surface area (Å²) in [6.45, 7) is 0. The summed E-state index contributed by atoms with van der Waals surface area (Å²) in [6, 6.07) is 4.48. The van der Waals surface area contributed by atoms with Crippen molar-refractivity contribution in [3.63, 3.8) is 0 Å². The zero-order chi connectivity index (χ0) is 16.0. The second-order valence-corrected chi connectivity index (χ2v) is 3.61. The number of benzene rings is 1. The Labute approximate surface area is 117 Å². The lowest BCUT2D eigenvalue weighted by molar-refractivity contribution is -0.394. The smallest absolute Gasteiger partial charge is 0.346 e. The van der Waals surface area contributed by atoms with E-state index in [0.29, 0.717) is 0 Å². The summed E-state index contributed by atoms with van der Waals surface area (Å²) in [4.78, 5) is 30.4. The molecule has 9 heteroatoms. The number of carbonyl (C=O) groups is 1. The van der Waals surface area contributed by atoms with Gasteiger partial charge in [-0.1, -0.05) is 6.08 Å². The normalized spacial score (nSPS) is 11.1. The first-order valence-electron chi connectivity index (χ1n) is 5.31. The molecule has 0 saturated carbocycles. The number of allylic oxidation sites excluding steroid dienone is 2. The van der Waals surface area contributed by atoms with Crippen molar-refractivity contribution in [2.45, 2.75) is 0 Å². The van der Waals surface area contributed by atoms with Crippen LogP contribution in [-0.4, -0.2) is 20.9 Å². The summed E-state index contributed by atoms with van der Waals surface area (Å²) < 4.78 is 0. The van der Waals surface area contributed by atoms with Gasteiger partial charge in [-0.15, -0.1) is 0 Å². The van der Waals surface area contributed by atoms with Crippen molar-refractivity contribution >= 4 is 23.4 Å². The Balaban J connectivity index is 3.20. The Morgan fingerprint density at radius 3 is 2.43 bits per heavy atom. The second-order valence-electron chi connectivity index (χ2n) is 3.61. The topological polar surface area (TPSA) is 147 Å². The minimum Gasteiger partial charge on any atom is -0.477 e. The lowest BCUT2D eigenvalue weighted by Gasteiger charge is -1.97. The van der Waals surface area contributed by atoms with Gasteiger partial charge in [-0.2, -0.15) is 5.26 Å². The summed E-state index contributed by atoms with van der Waals surface area (Å²) in [5.41, 5.74) is -1.43. The van der Waals surface area contributed by atoms with Gasteiger partial charge in [0.15, 0.2) is 0 Å². The number of carboxylic acids is 1. The predicted molar refractivity (Wildman–Crippen MR) is 70.1 cm³/mol. The highest BCUT2D eigenvalue weighted by molar-refractivity contribution is 5.91. The molecule has 0 fully saturated rings. The molecule has 1 N–H and O–H groups in total. The highest BCUT2D eigenvalue weighted by atomic mass is 16.6. The van der Waals surface area contributed by atoms with Crippen LogP contribution in [0.2, 0.25) is 0 Å². The van der Waals surface area contributed by atoms with Crippen LogP contribution in [0, 0.1) is 31.6 Å². The predicted octanol–water partition coefficient (Wildman–Crippen LogP) is 2.05. The minimum atomic E-state index is -1.43. The molecule has 0 aliphatic carbocycles. The SMILES string of the molecule is N#C/C(=C\C=C\c1ccc([N+](=O)[O-])cc1[N+](=O)[O-])C(=O)O. The van der Waals surface area contributed by atoms with E-state index in [9.17, 15) is 25.0 Å². The zero-order valence-electron chi connectivity index (χ0n) is 10.3. The molecule has 0 bridgehead atoms. The maximum atomic E-state index is 10.8. The quantitative estimate of drug-likeness (QED) is 0.286. The van der Waals surface area contributed by atoms with Gasteiger partial charge >= 0.3 is 5.97 Å². The van der Waals surface area contributed by atoms with E-state index in [0.717, 1.165) is 30.4 Å². The Bertz CT molecular complexity index is 714. The van der Waals surface area contributed by atoms with Crippen molar-refractivity contribution in [2.75, 3.05) is 0 Å². The Morgan fingerprint density at radius 1 is 1.29 bits per heavy atom. The number of hydrogen-bond donors (Lipinski definition) is 1. The Kier molecular flexibility index (Phi) is 4.86. The molecule has 0 aliphatic heterocycles. The number of hydrogen-bond acceptors (Lipinski definition) is 6. The number of nitrogens with zero attached hydrogens (tertiary/aromatic N) is 3. The lowest BCUT2D eigenvalue weighted by atomic mass is 10.1. The van der Waals surface area contributed by atoms with Crippen molar-refractivity contribution in [2.24, 2.45) is 0 Å². The van der Waals surface area contributed by atoms with Gasteiger partial charge in [0, 0.05) is 6.07 Å². The van der Waals surface area contributed by atoms with Gasteiger partial charge in [0.2, 0.25) is 0 Å². The largest absolute Gasteiger partial charge is 0.477 e. The van der Waals surface area contributed by atoms with Gasteiger partial charge in [0.25, 0.3) is 11.4 Å². The first-order chi connectivity index (χ1) is 9.86. The standard InChI is InChI=1S/C12H7N3O6/c13-7-9(12(16)17)3-1-2-8-4-5-10(14(18)19)6-11(8)15(20)21/h1-6H,(H,16,17)/b2-1+,9-3+. The third-order valence-corrected chi connectivity index (χ3v) is 2.31. The fraction of sp³-hybridized carbons (Fsp3) is 0. The average molecular weight is 289 g/mol. The van der Waals surface area contributed by atoms with E-state index in [1.807, 2.05) is 0 Å². The number of nitro groups is 2. The molecule has 1 aromatic carbocycles. The third kappa shape index (κ3) is 3.97. The van der Waals surface area contributed by atoms with Gasteiger partial charge in [-0.25, -0.2) is 4.79 Å². The second kappa shape index (κ2) is 6.58. The van der Waals surface area contributed by atoms with Gasteiger partial charge in [0.1, 0.15) is 11.6 Å². The van der Waals surface area contributed by atoms with Crippen LogP contribution in [-0.2, 0) is 4.79 Å². The van der Waals surface area contributed by atoms with Crippen molar-refractivity contribution < 1.29 is 19.7 Å². The molecule has 1 rings (SSSR count). The van der Waals surface area contributed by atoms with Crippen molar-refractivity contribution in [1.29, 1.82) is 5.26 Å². The van der Waals surface area contributed by atoms with E-state index >= 15 is 0 Å². The molecule has 0 heterocycles. The highest BCUT2D eigenvalue weighted by Gasteiger charge is 2.17. The molecule has 0 aliphatic rings. The molecule has 106 valence electrons. The monoisotopic (exact) mass is 289 g/mol. The molecular weight excluding hydrogens is 282 g/mol. The zero-order valence-corrected chi connectivity index (χ0v) is 10.3. The molecule has 21 heavy (non-hydrogen) atoms. The maximum Gasteiger partial charge on any atom is 0.346 e. The maximum absolute atomic E-state index is 10.8. The molecule has 0 unspecified atom stereocenters. The van der Waals surface area contributed by atoms with Crippen LogP contribution in [0.3, 0.4) is 0 Å². The summed E-state index contributed by atoms with van der Waals surface area (Å²) >= 11 is 0. The summed E-state index contributed by atoms with van der Waals surface area (Å²) in [5, 5.41) is 38.5. The van der Waals surface area contributed by atoms with E-state index in [2.05, 4.69) is 0 Å². The Hall–Kier alpha value is -3.54. The van der Waals surface area contributed by atoms with Crippen LogP contribution < -0.4 is 0 Å². The summed E-state index contributed by atoms with van der Waals surface area (Å²) in [6.07, 6.45) is 3.29. The van der Waals surface area contributed by atoms with Gasteiger partial charge in [0.05, 0.1) is 21.5 Å². The number of carboxylic acid groups (broad SMARTS) is 1. The number of nitriles is 1. The molecular formula is C12H7N3O6. The minimum absolute atomic E-state index is 0.0459. The van der Waals surface area contributed by atoms with E-state index < -0.39 is 32.8 Å². The fourth-order valence-corrected chi connectivity index (χ4v) is 1.35. The number of aliphatic carboxylic acids is 1. The van der Waals surface area contributed by atoms with Crippen LogP contribution in [0.5, 0.6) is 0 Å². The fourth-order valence-electron chi connectivity index (χ4n) is 1.35. The van der Waals surface area contributed by atoms with Crippen LogP contribution >= 0.6 is 0 Å². The molecule has 0 radical (unpaired) electrons. The van der Waals surface area contributed by atoms with Crippen LogP contribution in [0.4, 0.5) is 11.4 Å². The number of nitro benzene ring substituents is 2. The average Bonchev–Trinajstić information content (AvgIpc) is 2.42. The van der Waals surface area contributed by atoms with Crippen molar-refractivity contribution in [3.8, 4) is 6.07 Å². The molecule has 1 aromatic rings. The molecule has 0 aromatic heterocycles. The molecule has 0 atom stereocenters. The first kappa shape index (κ1) is 15.5. The van der Waals surface area contributed by atoms with Crippen LogP contribution in [0.25, 0.3) is 6.08 Å². The number of rotatable bonds is 5. The van der Waals surface area contributed by atoms with Crippen molar-refractivity contribution in [1.82, 2.24) is 0 Å². The van der Waals surface area contributed by atoms with E-state index in [1.54, 1.807) is 0 Å². The third-order valence-electron chi connectivity index (χ3n) is 2.31. The highest BCUT2D eigenvalue weighted by Crippen LogP contribution is 2.25. The van der Waals surface area contributed by atoms with Gasteiger partial charge < -0.3 is 5.11 Å². The van der Waals surface area contributed by atoms with Crippen molar-refractivity contribution in [3.05, 3.63) is 61.7 Å². The van der Waals surface area contributed by atoms with Crippen LogP contribution in [0.15, 0.2) is 35.9 Å². The summed E-state index contributed by atoms with van der Waals surface area (Å²) in [7, 11) is 0. The van der Waals surface area contributed by atoms with Gasteiger partial charge in [-0.05, 0) is 18.2 Å².